The van der Waals surface area contributed by atoms with Crippen LogP contribution < -0.4 is 5.32 Å². The Kier molecular flexibility index (Phi) is 7.95. The lowest BCUT2D eigenvalue weighted by atomic mass is 10.1. The second-order valence-electron chi connectivity index (χ2n) is 8.80. The van der Waals surface area contributed by atoms with Crippen molar-refractivity contribution < 1.29 is 31.1 Å². The highest BCUT2D eigenvalue weighted by Gasteiger charge is 2.35. The quantitative estimate of drug-likeness (QED) is 0.426. The fourth-order valence-electron chi connectivity index (χ4n) is 4.25. The van der Waals surface area contributed by atoms with Gasteiger partial charge in [-0.25, -0.2) is 0 Å². The third-order valence-electron chi connectivity index (χ3n) is 6.02. The smallest absolute Gasteiger partial charge is 0.324 e. The molecule has 0 atom stereocenters. The van der Waals surface area contributed by atoms with Crippen molar-refractivity contribution in [2.45, 2.75) is 25.3 Å². The average molecular weight is 546 g/mol. The van der Waals surface area contributed by atoms with Gasteiger partial charge in [-0.3, -0.25) is 19.3 Å². The van der Waals surface area contributed by atoms with Crippen LogP contribution in [0.5, 0.6) is 0 Å². The van der Waals surface area contributed by atoms with E-state index in [1.807, 2.05) is 11.0 Å². The van der Waals surface area contributed by atoms with Crippen molar-refractivity contribution in [2.24, 2.45) is 7.05 Å². The molecule has 0 saturated carbocycles. The highest BCUT2D eigenvalue weighted by atomic mass is 32.1. The van der Waals surface area contributed by atoms with Gasteiger partial charge < -0.3 is 5.32 Å². The Morgan fingerprint density at radius 2 is 1.68 bits per heavy atom. The molecule has 0 radical (unpaired) electrons. The van der Waals surface area contributed by atoms with Gasteiger partial charge in [-0.2, -0.15) is 31.4 Å². The SMILES string of the molecule is Cn1nc(-c2ccc(CN3CCCN(CC(=O)Nc4ccccc4C(F)(F)F)CC3)s2)cc1C(F)(F)F. The topological polar surface area (TPSA) is 53.4 Å². The van der Waals surface area contributed by atoms with Gasteiger partial charge in [0.05, 0.1) is 22.7 Å². The number of aryl methyl sites for hydroxylation is 1. The standard InChI is InChI=1S/C24H25F6N5OS/c1-33-21(24(28,29)30)13-19(32-33)20-8-7-16(37-20)14-34-9-4-10-35(12-11-34)15-22(36)31-18-6-3-2-5-17(18)23(25,26)27/h2-3,5-8,13H,4,9-12,14-15H2,1H3,(H,31,36). The van der Waals surface area contributed by atoms with E-state index in [0.717, 1.165) is 34.7 Å². The third kappa shape index (κ3) is 6.90. The number of amides is 1. The van der Waals surface area contributed by atoms with E-state index in [1.165, 1.54) is 36.6 Å². The van der Waals surface area contributed by atoms with Crippen molar-refractivity contribution in [3.05, 3.63) is 58.6 Å². The molecule has 1 aromatic carbocycles. The maximum Gasteiger partial charge on any atom is 0.433 e. The van der Waals surface area contributed by atoms with E-state index >= 15 is 0 Å². The van der Waals surface area contributed by atoms with E-state index in [-0.39, 0.29) is 17.9 Å². The molecule has 1 fully saturated rings. The molecule has 0 bridgehead atoms. The van der Waals surface area contributed by atoms with Crippen LogP contribution in [0.2, 0.25) is 0 Å². The summed E-state index contributed by atoms with van der Waals surface area (Å²) in [6.45, 7) is 3.15. The van der Waals surface area contributed by atoms with Crippen molar-refractivity contribution in [2.75, 3.05) is 38.0 Å². The molecular weight excluding hydrogens is 520 g/mol. The van der Waals surface area contributed by atoms with Crippen LogP contribution in [0.3, 0.4) is 0 Å². The molecule has 13 heteroatoms. The van der Waals surface area contributed by atoms with Gasteiger partial charge in [0.25, 0.3) is 0 Å². The summed E-state index contributed by atoms with van der Waals surface area (Å²) >= 11 is 1.38. The predicted octanol–water partition coefficient (Wildman–Crippen LogP) is 5.33. The first kappa shape index (κ1) is 27.1. The molecule has 4 rings (SSSR count). The second-order valence-corrected chi connectivity index (χ2v) is 9.97. The van der Waals surface area contributed by atoms with Crippen molar-refractivity contribution in [1.29, 1.82) is 0 Å². The van der Waals surface area contributed by atoms with Gasteiger partial charge in [0.2, 0.25) is 5.91 Å². The highest BCUT2D eigenvalue weighted by Crippen LogP contribution is 2.35. The molecule has 0 unspecified atom stereocenters. The lowest BCUT2D eigenvalue weighted by Crippen LogP contribution is -2.36. The summed E-state index contributed by atoms with van der Waals surface area (Å²) < 4.78 is 79.6. The fraction of sp³-hybridized carbons (Fsp3) is 0.417. The second kappa shape index (κ2) is 10.8. The van der Waals surface area contributed by atoms with Crippen LogP contribution in [-0.4, -0.2) is 58.2 Å². The van der Waals surface area contributed by atoms with E-state index in [9.17, 15) is 31.1 Å². The fourth-order valence-corrected chi connectivity index (χ4v) is 5.25. The Labute approximate surface area is 213 Å². The minimum Gasteiger partial charge on any atom is -0.324 e. The zero-order valence-electron chi connectivity index (χ0n) is 19.9. The lowest BCUT2D eigenvalue weighted by molar-refractivity contribution is -0.143. The number of rotatable bonds is 6. The number of hydrogen-bond donors (Lipinski definition) is 1. The number of nitrogens with one attached hydrogen (secondary N) is 1. The largest absolute Gasteiger partial charge is 0.433 e. The average Bonchev–Trinajstić information content (AvgIpc) is 3.36. The van der Waals surface area contributed by atoms with Gasteiger partial charge >= 0.3 is 12.4 Å². The van der Waals surface area contributed by atoms with Gasteiger partial charge in [-0.05, 0) is 49.8 Å². The van der Waals surface area contributed by atoms with Crippen molar-refractivity contribution >= 4 is 22.9 Å². The molecule has 0 aliphatic carbocycles. The van der Waals surface area contributed by atoms with E-state index in [0.29, 0.717) is 31.1 Å². The van der Waals surface area contributed by atoms with Crippen LogP contribution in [0.15, 0.2) is 42.5 Å². The van der Waals surface area contributed by atoms with Crippen molar-refractivity contribution in [3.63, 3.8) is 0 Å². The van der Waals surface area contributed by atoms with Crippen LogP contribution in [0.1, 0.15) is 22.6 Å². The number of alkyl halides is 6. The third-order valence-corrected chi connectivity index (χ3v) is 7.11. The van der Waals surface area contributed by atoms with Crippen molar-refractivity contribution in [1.82, 2.24) is 19.6 Å². The number of aromatic nitrogens is 2. The Balaban J connectivity index is 1.31. The Morgan fingerprint density at radius 1 is 0.973 bits per heavy atom. The number of carbonyl (C=O) groups is 1. The molecule has 1 saturated heterocycles. The summed E-state index contributed by atoms with van der Waals surface area (Å²) in [5, 5.41) is 6.37. The summed E-state index contributed by atoms with van der Waals surface area (Å²) in [4.78, 5) is 18.2. The van der Waals surface area contributed by atoms with Crippen LogP contribution >= 0.6 is 11.3 Å². The van der Waals surface area contributed by atoms with E-state index in [2.05, 4.69) is 15.3 Å². The van der Waals surface area contributed by atoms with Gasteiger partial charge in [-0.1, -0.05) is 12.1 Å². The number of para-hydroxylation sites is 1. The Hall–Kier alpha value is -2.90. The van der Waals surface area contributed by atoms with Gasteiger partial charge in [0.15, 0.2) is 0 Å². The normalized spacial score (nSPS) is 16.1. The monoisotopic (exact) mass is 545 g/mol. The first-order valence-corrected chi connectivity index (χ1v) is 12.3. The molecule has 3 heterocycles. The maximum atomic E-state index is 13.2. The maximum absolute atomic E-state index is 13.2. The van der Waals surface area contributed by atoms with E-state index in [1.54, 1.807) is 6.07 Å². The zero-order chi connectivity index (χ0) is 26.8. The molecule has 1 aliphatic rings. The van der Waals surface area contributed by atoms with E-state index in [4.69, 9.17) is 0 Å². The van der Waals surface area contributed by atoms with Crippen LogP contribution in [0, 0.1) is 0 Å². The number of carbonyl (C=O) groups excluding carboxylic acids is 1. The Bertz CT molecular complexity index is 1230. The number of benzene rings is 1. The summed E-state index contributed by atoms with van der Waals surface area (Å²) in [6, 6.07) is 9.54. The van der Waals surface area contributed by atoms with E-state index < -0.39 is 29.5 Å². The molecule has 37 heavy (non-hydrogen) atoms. The van der Waals surface area contributed by atoms with Crippen LogP contribution in [-0.2, 0) is 30.7 Å². The molecule has 1 aliphatic heterocycles. The predicted molar refractivity (Wildman–Crippen MR) is 128 cm³/mol. The summed E-state index contributed by atoms with van der Waals surface area (Å²) in [7, 11) is 1.26. The molecule has 1 N–H and O–H groups in total. The molecule has 2 aromatic heterocycles. The van der Waals surface area contributed by atoms with Gasteiger partial charge in [0.1, 0.15) is 11.4 Å². The molecule has 200 valence electrons. The number of hydrogen-bond acceptors (Lipinski definition) is 5. The molecular formula is C24H25F6N5OS. The number of halogens is 6. The Morgan fingerprint density at radius 3 is 2.38 bits per heavy atom. The number of anilines is 1. The highest BCUT2D eigenvalue weighted by molar-refractivity contribution is 7.15. The summed E-state index contributed by atoms with van der Waals surface area (Å²) in [5.74, 6) is -0.512. The summed E-state index contributed by atoms with van der Waals surface area (Å²) in [5.41, 5.74) is -1.69. The molecule has 0 spiro atoms. The number of thiophene rings is 1. The zero-order valence-corrected chi connectivity index (χ0v) is 20.7. The van der Waals surface area contributed by atoms with Crippen LogP contribution in [0.4, 0.5) is 32.0 Å². The minimum absolute atomic E-state index is 0.0234. The van der Waals surface area contributed by atoms with Crippen LogP contribution in [0.25, 0.3) is 10.6 Å². The lowest BCUT2D eigenvalue weighted by Gasteiger charge is -2.21. The van der Waals surface area contributed by atoms with Gasteiger partial charge in [0, 0.05) is 31.6 Å². The molecule has 3 aromatic rings. The molecule has 1 amide bonds. The number of nitrogens with zero attached hydrogens (tertiary/aromatic N) is 4. The first-order chi connectivity index (χ1) is 17.4. The summed E-state index contributed by atoms with van der Waals surface area (Å²) in [6.07, 6.45) is -8.28. The van der Waals surface area contributed by atoms with Gasteiger partial charge in [-0.15, -0.1) is 11.3 Å². The first-order valence-electron chi connectivity index (χ1n) is 11.5. The molecule has 6 nitrogen and oxygen atoms in total. The van der Waals surface area contributed by atoms with Crippen molar-refractivity contribution in [3.8, 4) is 10.6 Å². The minimum atomic E-state index is -4.56.